The van der Waals surface area contributed by atoms with Gasteiger partial charge in [-0.05, 0) is 51.9 Å². The lowest BCUT2D eigenvalue weighted by atomic mass is 9.97. The largest absolute Gasteiger partial charge is 0.453 e. The van der Waals surface area contributed by atoms with Gasteiger partial charge in [0.25, 0.3) is 0 Å². The summed E-state index contributed by atoms with van der Waals surface area (Å²) in [5, 5.41) is 1.23. The minimum atomic E-state index is -0.236. The number of nitrogens with one attached hydrogen (secondary N) is 1. The molecule has 1 aliphatic heterocycles. The van der Waals surface area contributed by atoms with Crippen molar-refractivity contribution < 1.29 is 9.53 Å². The quantitative estimate of drug-likeness (QED) is 0.456. The second-order valence-corrected chi connectivity index (χ2v) is 9.25. The number of hydrogen-bond donors (Lipinski definition) is 1. The third kappa shape index (κ3) is 4.21. The predicted octanol–water partition coefficient (Wildman–Crippen LogP) is 5.10. The number of pyridine rings is 1. The summed E-state index contributed by atoms with van der Waals surface area (Å²) in [6.45, 7) is 4.01. The summed E-state index contributed by atoms with van der Waals surface area (Å²) in [7, 11) is 1.44. The van der Waals surface area contributed by atoms with E-state index in [0.29, 0.717) is 13.1 Å². The molecule has 0 spiro atoms. The van der Waals surface area contributed by atoms with Crippen LogP contribution in [0.3, 0.4) is 0 Å². The Bertz CT molecular complexity index is 1410. The second kappa shape index (κ2) is 9.04. The lowest BCUT2D eigenvalue weighted by molar-refractivity contribution is 0.0889. The van der Waals surface area contributed by atoms with Gasteiger partial charge < -0.3 is 14.6 Å². The van der Waals surface area contributed by atoms with Crippen molar-refractivity contribution in [1.82, 2.24) is 19.8 Å². The molecule has 2 aromatic carbocycles. The molecule has 6 rings (SSSR count). The van der Waals surface area contributed by atoms with E-state index in [2.05, 4.69) is 70.6 Å². The van der Waals surface area contributed by atoms with Crippen LogP contribution in [0.5, 0.6) is 0 Å². The molecule has 35 heavy (non-hydrogen) atoms. The Morgan fingerprint density at radius 2 is 1.77 bits per heavy atom. The zero-order valence-corrected chi connectivity index (χ0v) is 19.8. The first-order valence-electron chi connectivity index (χ1n) is 12.1. The van der Waals surface area contributed by atoms with E-state index in [9.17, 15) is 4.79 Å². The zero-order chi connectivity index (χ0) is 23.8. The molecule has 1 amide bonds. The summed E-state index contributed by atoms with van der Waals surface area (Å²) >= 11 is 0. The normalized spacial score (nSPS) is 15.8. The third-order valence-corrected chi connectivity index (χ3v) is 7.12. The number of allylic oxidation sites excluding steroid dienone is 1. The summed E-state index contributed by atoms with van der Waals surface area (Å²) in [6, 6.07) is 19.8. The number of rotatable bonds is 4. The number of carbonyl (C=O) groups excluding carboxylic acids is 1. The first-order valence-corrected chi connectivity index (χ1v) is 12.1. The van der Waals surface area contributed by atoms with Gasteiger partial charge in [-0.15, -0.1) is 0 Å². The van der Waals surface area contributed by atoms with E-state index in [1.807, 2.05) is 12.4 Å². The fourth-order valence-corrected chi connectivity index (χ4v) is 5.13. The molecule has 0 unspecified atom stereocenters. The Morgan fingerprint density at radius 3 is 2.57 bits per heavy atom. The Labute approximate surface area is 204 Å². The molecular weight excluding hydrogens is 436 g/mol. The fraction of sp³-hybridized carbons (Fsp3) is 0.241. The molecule has 2 aromatic heterocycles. The van der Waals surface area contributed by atoms with Crippen molar-refractivity contribution in [3.05, 3.63) is 95.5 Å². The van der Waals surface area contributed by atoms with Gasteiger partial charge in [0.05, 0.1) is 12.8 Å². The van der Waals surface area contributed by atoms with E-state index in [1.165, 1.54) is 40.3 Å². The molecule has 6 nitrogen and oxygen atoms in total. The van der Waals surface area contributed by atoms with Gasteiger partial charge in [0, 0.05) is 68.2 Å². The predicted molar refractivity (Wildman–Crippen MR) is 138 cm³/mol. The molecule has 0 bridgehead atoms. The maximum atomic E-state index is 11.7. The average molecular weight is 465 g/mol. The van der Waals surface area contributed by atoms with Gasteiger partial charge in [-0.1, -0.05) is 36.4 Å². The average Bonchev–Trinajstić information content (AvgIpc) is 3.55. The lowest BCUT2D eigenvalue weighted by Gasteiger charge is -2.33. The zero-order valence-electron chi connectivity index (χ0n) is 19.8. The number of piperazine rings is 1. The molecular formula is C29H28N4O2. The molecule has 1 saturated heterocycles. The van der Waals surface area contributed by atoms with Gasteiger partial charge in [0.2, 0.25) is 0 Å². The fourth-order valence-electron chi connectivity index (χ4n) is 5.13. The van der Waals surface area contributed by atoms with Gasteiger partial charge in [-0.3, -0.25) is 9.88 Å². The van der Waals surface area contributed by atoms with E-state index in [0.717, 1.165) is 42.8 Å². The van der Waals surface area contributed by atoms with Gasteiger partial charge in [0.15, 0.2) is 0 Å². The molecule has 0 radical (unpaired) electrons. The Balaban J connectivity index is 1.17. The number of aromatic amines is 1. The molecule has 1 N–H and O–H groups in total. The summed E-state index contributed by atoms with van der Waals surface area (Å²) in [5.74, 6) is 0. The van der Waals surface area contributed by atoms with Crippen molar-refractivity contribution in [2.24, 2.45) is 0 Å². The Morgan fingerprint density at radius 1 is 0.971 bits per heavy atom. The summed E-state index contributed by atoms with van der Waals surface area (Å²) in [6.07, 6.45) is 6.90. The van der Waals surface area contributed by atoms with Gasteiger partial charge in [0.1, 0.15) is 0 Å². The number of ether oxygens (including phenoxy) is 1. The van der Waals surface area contributed by atoms with Crippen LogP contribution in [-0.4, -0.2) is 59.1 Å². The molecule has 4 aromatic rings. The first kappa shape index (κ1) is 21.6. The number of methoxy groups -OCH3 is 1. The highest BCUT2D eigenvalue weighted by Crippen LogP contribution is 2.35. The molecule has 1 fully saturated rings. The molecule has 176 valence electrons. The number of nitrogens with zero attached hydrogens (tertiary/aromatic N) is 3. The maximum Gasteiger partial charge on any atom is 0.409 e. The third-order valence-electron chi connectivity index (χ3n) is 7.12. The Kier molecular flexibility index (Phi) is 5.58. The summed E-state index contributed by atoms with van der Waals surface area (Å²) in [4.78, 5) is 23.9. The minimum Gasteiger partial charge on any atom is -0.453 e. The second-order valence-electron chi connectivity index (χ2n) is 9.25. The van der Waals surface area contributed by atoms with Crippen LogP contribution in [0, 0.1) is 0 Å². The van der Waals surface area contributed by atoms with Crippen LogP contribution in [0.15, 0.2) is 73.1 Å². The van der Waals surface area contributed by atoms with E-state index in [4.69, 9.17) is 9.72 Å². The number of H-pyrrole nitrogens is 1. The van der Waals surface area contributed by atoms with Crippen molar-refractivity contribution >= 4 is 22.6 Å². The molecule has 6 heteroatoms. The minimum absolute atomic E-state index is 0.236. The summed E-state index contributed by atoms with van der Waals surface area (Å²) < 4.78 is 4.83. The van der Waals surface area contributed by atoms with Crippen LogP contribution < -0.4 is 0 Å². The van der Waals surface area contributed by atoms with Crippen LogP contribution in [0.25, 0.3) is 27.6 Å². The van der Waals surface area contributed by atoms with Crippen LogP contribution in [-0.2, 0) is 17.7 Å². The van der Waals surface area contributed by atoms with Crippen molar-refractivity contribution in [2.45, 2.75) is 13.0 Å². The van der Waals surface area contributed by atoms with Gasteiger partial charge >= 0.3 is 6.09 Å². The van der Waals surface area contributed by atoms with Crippen LogP contribution in [0.4, 0.5) is 4.79 Å². The van der Waals surface area contributed by atoms with Gasteiger partial charge in [-0.2, -0.15) is 0 Å². The van der Waals surface area contributed by atoms with Crippen LogP contribution in [0.2, 0.25) is 0 Å². The number of carbonyl (C=O) groups is 1. The highest BCUT2D eigenvalue weighted by atomic mass is 16.5. The van der Waals surface area contributed by atoms with Crippen LogP contribution >= 0.6 is 0 Å². The Hall–Kier alpha value is -3.90. The monoisotopic (exact) mass is 464 g/mol. The molecule has 2 aliphatic rings. The number of aromatic nitrogens is 2. The van der Waals surface area contributed by atoms with E-state index in [-0.39, 0.29) is 6.09 Å². The molecule has 0 atom stereocenters. The molecule has 1 aliphatic carbocycles. The SMILES string of the molecule is COC(=O)N1CCN(Cc2ccc(-c3cnc4c(c3)C(c3ccc5[nH]ccc5c3)=CC4)cc2)CC1. The standard InChI is InChI=1S/C29H28N4O2/c1-35-29(34)33-14-12-32(13-15-33)19-20-2-4-21(5-3-20)24-17-26-25(7-9-28(26)31-18-24)22-6-8-27-23(16-22)10-11-30-27/h2-8,10-11,16-18,30H,9,12-15,19H2,1H3. The maximum absolute atomic E-state index is 11.7. The van der Waals surface area contributed by atoms with Crippen molar-refractivity contribution in [3.8, 4) is 11.1 Å². The number of hydrogen-bond acceptors (Lipinski definition) is 4. The van der Waals surface area contributed by atoms with Crippen molar-refractivity contribution in [1.29, 1.82) is 0 Å². The lowest BCUT2D eigenvalue weighted by Crippen LogP contribution is -2.48. The number of benzene rings is 2. The topological polar surface area (TPSA) is 61.5 Å². The molecule has 3 heterocycles. The van der Waals surface area contributed by atoms with Crippen molar-refractivity contribution in [2.75, 3.05) is 33.3 Å². The first-order chi connectivity index (χ1) is 17.2. The van der Waals surface area contributed by atoms with E-state index >= 15 is 0 Å². The number of fused-ring (bicyclic) bond motifs is 2. The smallest absolute Gasteiger partial charge is 0.409 e. The highest BCUT2D eigenvalue weighted by Gasteiger charge is 2.22. The van der Waals surface area contributed by atoms with E-state index in [1.54, 1.807) is 4.90 Å². The summed E-state index contributed by atoms with van der Waals surface area (Å²) in [5.41, 5.74) is 9.60. The van der Waals surface area contributed by atoms with E-state index < -0.39 is 0 Å². The van der Waals surface area contributed by atoms with Crippen LogP contribution in [0.1, 0.15) is 22.4 Å². The van der Waals surface area contributed by atoms with Gasteiger partial charge in [-0.25, -0.2) is 4.79 Å². The number of amides is 1. The van der Waals surface area contributed by atoms with Crippen molar-refractivity contribution in [3.63, 3.8) is 0 Å². The highest BCUT2D eigenvalue weighted by molar-refractivity contribution is 5.90. The molecule has 0 saturated carbocycles.